The molecule has 1 amide bonds. The van der Waals surface area contributed by atoms with Gasteiger partial charge in [0.15, 0.2) is 5.16 Å². The lowest BCUT2D eigenvalue weighted by atomic mass is 9.96. The Hall–Kier alpha value is -5.62. The van der Waals surface area contributed by atoms with Crippen molar-refractivity contribution in [3.8, 4) is 34.7 Å². The molecule has 0 spiro atoms. The fourth-order valence-corrected chi connectivity index (χ4v) is 7.28. The van der Waals surface area contributed by atoms with Crippen LogP contribution >= 0.6 is 23.1 Å². The second-order valence-corrected chi connectivity index (χ2v) is 12.5. The van der Waals surface area contributed by atoms with Gasteiger partial charge in [0.1, 0.15) is 22.7 Å². The van der Waals surface area contributed by atoms with Crippen LogP contribution in [0.5, 0.6) is 0 Å². The number of carbonyl (C=O) groups is 1. The molecule has 0 atom stereocenters. The monoisotopic (exact) mass is 640 g/mol. The van der Waals surface area contributed by atoms with Crippen LogP contribution in [0.1, 0.15) is 34.4 Å². The number of hydrogen-bond donors (Lipinski definition) is 1. The van der Waals surface area contributed by atoms with Crippen LogP contribution in [0.2, 0.25) is 0 Å². The quantitative estimate of drug-likeness (QED) is 0.0587. The summed E-state index contributed by atoms with van der Waals surface area (Å²) in [5, 5.41) is 35.0. The van der Waals surface area contributed by atoms with Crippen molar-refractivity contribution in [3.05, 3.63) is 122 Å². The van der Waals surface area contributed by atoms with Crippen molar-refractivity contribution in [1.29, 1.82) is 10.5 Å². The molecule has 0 fully saturated rings. The minimum atomic E-state index is -0.700. The minimum Gasteiger partial charge on any atom is -0.312 e. The molecular formula is C35H24N6O3S2. The molecule has 224 valence electrons. The second-order valence-electron chi connectivity index (χ2n) is 10.4. The smallest absolute Gasteiger partial charge is 0.270 e. The first-order valence-electron chi connectivity index (χ1n) is 14.4. The van der Waals surface area contributed by atoms with E-state index < -0.39 is 10.8 Å². The fourth-order valence-electron chi connectivity index (χ4n) is 5.18. The van der Waals surface area contributed by atoms with Crippen LogP contribution < -0.4 is 5.32 Å². The second kappa shape index (κ2) is 13.6. The number of thiophene rings is 1. The summed E-state index contributed by atoms with van der Waals surface area (Å²) in [6.07, 6.45) is 4.95. The molecule has 9 nitrogen and oxygen atoms in total. The van der Waals surface area contributed by atoms with Gasteiger partial charge in [-0.05, 0) is 66.8 Å². The van der Waals surface area contributed by atoms with E-state index in [-0.39, 0.29) is 16.8 Å². The van der Waals surface area contributed by atoms with E-state index in [1.807, 2.05) is 72.8 Å². The number of benzene rings is 3. The van der Waals surface area contributed by atoms with Gasteiger partial charge in [0.2, 0.25) is 0 Å². The largest absolute Gasteiger partial charge is 0.312 e. The topological polar surface area (TPSA) is 146 Å². The van der Waals surface area contributed by atoms with Crippen molar-refractivity contribution in [2.24, 2.45) is 0 Å². The maximum Gasteiger partial charge on any atom is 0.270 e. The maximum atomic E-state index is 13.4. The third kappa shape index (κ3) is 6.57. The number of nitro benzene ring substituents is 1. The van der Waals surface area contributed by atoms with Crippen LogP contribution in [0.25, 0.3) is 28.6 Å². The molecule has 0 unspecified atom stereocenters. The van der Waals surface area contributed by atoms with E-state index in [4.69, 9.17) is 9.97 Å². The van der Waals surface area contributed by atoms with E-state index in [0.29, 0.717) is 32.0 Å². The summed E-state index contributed by atoms with van der Waals surface area (Å²) in [6, 6.07) is 29.6. The summed E-state index contributed by atoms with van der Waals surface area (Å²) in [5.74, 6) is -0.700. The van der Waals surface area contributed by atoms with Crippen LogP contribution in [0.4, 0.5) is 10.7 Å². The first kappa shape index (κ1) is 30.4. The third-order valence-corrected chi connectivity index (χ3v) is 9.59. The third-order valence-electron chi connectivity index (χ3n) is 7.43. The summed E-state index contributed by atoms with van der Waals surface area (Å²) in [7, 11) is 0. The van der Waals surface area contributed by atoms with E-state index in [1.54, 1.807) is 6.07 Å². The number of amides is 1. The Morgan fingerprint density at radius 2 is 1.59 bits per heavy atom. The van der Waals surface area contributed by atoms with E-state index in [1.165, 1.54) is 41.3 Å². The highest BCUT2D eigenvalue weighted by atomic mass is 32.2. The SMILES string of the molecule is N#C/C(=C/c1cc([N+](=O)[O-])ccc1Sc1nc(-c2ccccc2)cc(-c2ccccc2)n1)C(=O)Nc1sc2c(c1C#N)CCCC2. The van der Waals surface area contributed by atoms with Gasteiger partial charge >= 0.3 is 0 Å². The van der Waals surface area contributed by atoms with Gasteiger partial charge in [0, 0.05) is 33.0 Å². The van der Waals surface area contributed by atoms with Crippen LogP contribution in [0, 0.1) is 32.8 Å². The summed E-state index contributed by atoms with van der Waals surface area (Å²) >= 11 is 2.53. The minimum absolute atomic E-state index is 0.199. The highest BCUT2D eigenvalue weighted by molar-refractivity contribution is 7.99. The predicted octanol–water partition coefficient (Wildman–Crippen LogP) is 8.23. The Bertz CT molecular complexity index is 2020. The van der Waals surface area contributed by atoms with Crippen molar-refractivity contribution in [2.75, 3.05) is 5.32 Å². The summed E-state index contributed by atoms with van der Waals surface area (Å²) in [6.45, 7) is 0. The summed E-state index contributed by atoms with van der Waals surface area (Å²) in [5.41, 5.74) is 4.39. The predicted molar refractivity (Wildman–Crippen MR) is 178 cm³/mol. The molecule has 1 N–H and O–H groups in total. The number of nitro groups is 1. The zero-order valence-corrected chi connectivity index (χ0v) is 25.9. The molecule has 0 radical (unpaired) electrons. The number of nitrogens with zero attached hydrogens (tertiary/aromatic N) is 5. The lowest BCUT2D eigenvalue weighted by Gasteiger charge is -2.10. The number of rotatable bonds is 8. The van der Waals surface area contributed by atoms with E-state index in [2.05, 4.69) is 11.4 Å². The number of fused-ring (bicyclic) bond motifs is 1. The Morgan fingerprint density at radius 1 is 0.935 bits per heavy atom. The Kier molecular flexibility index (Phi) is 8.97. The van der Waals surface area contributed by atoms with Crippen LogP contribution in [-0.4, -0.2) is 20.8 Å². The first-order valence-corrected chi connectivity index (χ1v) is 16.0. The van der Waals surface area contributed by atoms with Crippen LogP contribution in [-0.2, 0) is 17.6 Å². The van der Waals surface area contributed by atoms with Crippen molar-refractivity contribution in [3.63, 3.8) is 0 Å². The Labute approximate surface area is 273 Å². The molecule has 0 saturated carbocycles. The fraction of sp³-hybridized carbons (Fsp3) is 0.114. The van der Waals surface area contributed by atoms with E-state index >= 15 is 0 Å². The van der Waals surface area contributed by atoms with Crippen LogP contribution in [0.3, 0.4) is 0 Å². The van der Waals surface area contributed by atoms with Gasteiger partial charge < -0.3 is 5.32 Å². The van der Waals surface area contributed by atoms with E-state index in [9.17, 15) is 25.4 Å². The van der Waals surface area contributed by atoms with Gasteiger partial charge in [0.25, 0.3) is 11.6 Å². The highest BCUT2D eigenvalue weighted by Crippen LogP contribution is 2.38. The molecule has 11 heteroatoms. The number of carbonyl (C=O) groups excluding carboxylic acids is 1. The molecule has 46 heavy (non-hydrogen) atoms. The first-order chi connectivity index (χ1) is 22.4. The van der Waals surface area contributed by atoms with Gasteiger partial charge in [-0.1, -0.05) is 60.7 Å². The number of non-ortho nitro benzene ring substituents is 1. The van der Waals surface area contributed by atoms with Crippen molar-refractivity contribution < 1.29 is 9.72 Å². The molecule has 6 rings (SSSR count). The normalized spacial score (nSPS) is 12.4. The average molecular weight is 641 g/mol. The van der Waals surface area contributed by atoms with Gasteiger partial charge in [0.05, 0.1) is 21.9 Å². The lowest BCUT2D eigenvalue weighted by molar-refractivity contribution is -0.384. The maximum absolute atomic E-state index is 13.4. The van der Waals surface area contributed by atoms with Gasteiger partial charge in [-0.25, -0.2) is 9.97 Å². The van der Waals surface area contributed by atoms with E-state index in [0.717, 1.165) is 47.3 Å². The zero-order chi connectivity index (χ0) is 32.0. The molecular weight excluding hydrogens is 617 g/mol. The average Bonchev–Trinajstić information content (AvgIpc) is 3.45. The molecule has 2 heterocycles. The van der Waals surface area contributed by atoms with Gasteiger partial charge in [-0.3, -0.25) is 14.9 Å². The number of anilines is 1. The highest BCUT2D eigenvalue weighted by Gasteiger charge is 2.23. The van der Waals surface area contributed by atoms with Crippen LogP contribution in [0.15, 0.2) is 101 Å². The Morgan fingerprint density at radius 3 is 2.20 bits per heavy atom. The Balaban J connectivity index is 1.38. The molecule has 0 bridgehead atoms. The van der Waals surface area contributed by atoms with Gasteiger partial charge in [-0.15, -0.1) is 11.3 Å². The molecule has 1 aliphatic carbocycles. The number of aryl methyl sites for hydroxylation is 1. The standard InChI is InChI=1S/C35H24N6O3S2/c36-20-25(33(42)40-34-28(21-37)27-13-7-8-14-32(27)45-34)17-24-18-26(41(43)44)15-16-31(24)46-35-38-29(22-9-3-1-4-10-22)19-30(39-35)23-11-5-2-6-12-23/h1-6,9-12,15-19H,7-8,13-14H2,(H,40,42)/b25-17-. The molecule has 3 aromatic carbocycles. The molecule has 1 aliphatic rings. The summed E-state index contributed by atoms with van der Waals surface area (Å²) in [4.78, 5) is 35.7. The molecule has 5 aromatic rings. The number of hydrogen-bond acceptors (Lipinski definition) is 9. The van der Waals surface area contributed by atoms with Crippen molar-refractivity contribution in [2.45, 2.75) is 35.7 Å². The van der Waals surface area contributed by atoms with Crippen molar-refractivity contribution >= 4 is 45.8 Å². The zero-order valence-electron chi connectivity index (χ0n) is 24.3. The van der Waals surface area contributed by atoms with Gasteiger partial charge in [-0.2, -0.15) is 10.5 Å². The molecule has 2 aromatic heterocycles. The number of nitrogens with one attached hydrogen (secondary N) is 1. The lowest BCUT2D eigenvalue weighted by Crippen LogP contribution is -2.13. The number of nitriles is 2. The van der Waals surface area contributed by atoms with Crippen molar-refractivity contribution in [1.82, 2.24) is 9.97 Å². The molecule has 0 saturated heterocycles. The summed E-state index contributed by atoms with van der Waals surface area (Å²) < 4.78 is 0. The number of aromatic nitrogens is 2. The molecule has 0 aliphatic heterocycles.